The van der Waals surface area contributed by atoms with Gasteiger partial charge in [0.2, 0.25) is 11.9 Å². The van der Waals surface area contributed by atoms with Gasteiger partial charge in [-0.05, 0) is 36.8 Å². The average molecular weight is 382 g/mol. The Hall–Kier alpha value is -3.32. The summed E-state index contributed by atoms with van der Waals surface area (Å²) >= 11 is 6.28. The number of aromatic hydroxyl groups is 1. The van der Waals surface area contributed by atoms with E-state index in [-0.39, 0.29) is 5.75 Å². The number of halogens is 1. The Kier molecular flexibility index (Phi) is 4.08. The monoisotopic (exact) mass is 381 g/mol. The van der Waals surface area contributed by atoms with Crippen molar-refractivity contribution >= 4 is 23.5 Å². The van der Waals surface area contributed by atoms with Crippen molar-refractivity contribution in [3.8, 4) is 17.1 Å². The number of rotatable bonds is 3. The van der Waals surface area contributed by atoms with Crippen LogP contribution in [-0.4, -0.2) is 25.8 Å². The molecular weight excluding hydrogens is 366 g/mol. The van der Waals surface area contributed by atoms with Gasteiger partial charge < -0.3 is 16.2 Å². The Bertz CT molecular complexity index is 1070. The summed E-state index contributed by atoms with van der Waals surface area (Å²) in [6.07, 6.45) is 0. The number of fused-ring (bicyclic) bond motifs is 1. The molecule has 1 aliphatic rings. The zero-order valence-corrected chi connectivity index (χ0v) is 15.1. The van der Waals surface area contributed by atoms with E-state index in [1.165, 1.54) is 0 Å². The number of phenols is 1. The van der Waals surface area contributed by atoms with E-state index in [0.29, 0.717) is 33.6 Å². The van der Waals surface area contributed by atoms with Crippen molar-refractivity contribution in [3.63, 3.8) is 0 Å². The lowest BCUT2D eigenvalue weighted by Gasteiger charge is -2.27. The molecule has 8 heteroatoms. The maximum atomic E-state index is 12.1. The first-order valence-electron chi connectivity index (χ1n) is 8.23. The lowest BCUT2D eigenvalue weighted by atomic mass is 9.95. The van der Waals surface area contributed by atoms with E-state index < -0.39 is 11.9 Å². The molecule has 1 amide bonds. The third kappa shape index (κ3) is 2.92. The van der Waals surface area contributed by atoms with E-state index in [1.54, 1.807) is 41.9 Å². The SMILES string of the molecule is CC1=C(C(N)=O)C(c2ccc(O)cc2)n2nc(-c3ccccc3Cl)nc2N1. The van der Waals surface area contributed by atoms with Crippen LogP contribution in [-0.2, 0) is 4.79 Å². The van der Waals surface area contributed by atoms with Crippen molar-refractivity contribution in [2.45, 2.75) is 13.0 Å². The number of primary amides is 1. The van der Waals surface area contributed by atoms with Gasteiger partial charge in [-0.3, -0.25) is 4.79 Å². The number of benzene rings is 2. The van der Waals surface area contributed by atoms with Crippen LogP contribution >= 0.6 is 11.6 Å². The molecule has 1 atom stereocenters. The predicted octanol–water partition coefficient (Wildman–Crippen LogP) is 3.08. The molecular formula is C19H16ClN5O2. The van der Waals surface area contributed by atoms with Gasteiger partial charge in [-0.2, -0.15) is 4.98 Å². The fourth-order valence-electron chi connectivity index (χ4n) is 3.19. The van der Waals surface area contributed by atoms with E-state index in [2.05, 4.69) is 15.4 Å². The third-order valence-corrected chi connectivity index (χ3v) is 4.77. The van der Waals surface area contributed by atoms with Crippen LogP contribution in [0.1, 0.15) is 18.5 Å². The summed E-state index contributed by atoms with van der Waals surface area (Å²) in [6.45, 7) is 1.76. The molecule has 0 radical (unpaired) electrons. The summed E-state index contributed by atoms with van der Waals surface area (Å²) in [5, 5.41) is 17.8. The summed E-state index contributed by atoms with van der Waals surface area (Å²) in [6, 6.07) is 13.3. The minimum atomic E-state index is -0.567. The summed E-state index contributed by atoms with van der Waals surface area (Å²) in [4.78, 5) is 16.7. The van der Waals surface area contributed by atoms with Gasteiger partial charge in [-0.15, -0.1) is 5.10 Å². The van der Waals surface area contributed by atoms with Crippen LogP contribution in [0.15, 0.2) is 59.8 Å². The molecule has 4 N–H and O–H groups in total. The van der Waals surface area contributed by atoms with Crippen molar-refractivity contribution in [2.24, 2.45) is 5.73 Å². The number of anilines is 1. The number of carbonyl (C=O) groups excluding carboxylic acids is 1. The minimum absolute atomic E-state index is 0.129. The Labute approximate surface area is 160 Å². The molecule has 1 aromatic heterocycles. The van der Waals surface area contributed by atoms with E-state index in [9.17, 15) is 9.90 Å². The highest BCUT2D eigenvalue weighted by Crippen LogP contribution is 2.37. The average Bonchev–Trinajstić information content (AvgIpc) is 3.04. The number of nitrogens with zero attached hydrogens (tertiary/aromatic N) is 3. The molecule has 1 aliphatic heterocycles. The molecule has 0 saturated carbocycles. The Morgan fingerprint density at radius 3 is 2.59 bits per heavy atom. The first-order chi connectivity index (χ1) is 13.0. The highest BCUT2D eigenvalue weighted by atomic mass is 35.5. The maximum absolute atomic E-state index is 12.1. The smallest absolute Gasteiger partial charge is 0.248 e. The molecule has 0 aliphatic carbocycles. The number of allylic oxidation sites excluding steroid dienone is 1. The second-order valence-corrected chi connectivity index (χ2v) is 6.61. The molecule has 4 rings (SSSR count). The van der Waals surface area contributed by atoms with Gasteiger partial charge in [0.15, 0.2) is 5.82 Å². The molecule has 2 heterocycles. The number of carbonyl (C=O) groups is 1. The fraction of sp³-hybridized carbons (Fsp3) is 0.105. The van der Waals surface area contributed by atoms with Gasteiger partial charge in [0.05, 0.1) is 10.6 Å². The van der Waals surface area contributed by atoms with Crippen LogP contribution in [0, 0.1) is 0 Å². The standard InChI is InChI=1S/C19H16ClN5O2/c1-10-15(17(21)27)16(11-6-8-12(26)9-7-11)25-19(22-10)23-18(24-25)13-4-2-3-5-14(13)20/h2-9,16,26H,1H3,(H2,21,27)(H,22,23,24). The zero-order valence-electron chi connectivity index (χ0n) is 14.3. The Morgan fingerprint density at radius 2 is 1.93 bits per heavy atom. The Morgan fingerprint density at radius 1 is 1.22 bits per heavy atom. The van der Waals surface area contributed by atoms with Gasteiger partial charge in [-0.1, -0.05) is 35.9 Å². The van der Waals surface area contributed by atoms with E-state index in [4.69, 9.17) is 17.3 Å². The predicted molar refractivity (Wildman–Crippen MR) is 102 cm³/mol. The highest BCUT2D eigenvalue weighted by molar-refractivity contribution is 6.33. The molecule has 0 spiro atoms. The Balaban J connectivity index is 1.90. The summed E-state index contributed by atoms with van der Waals surface area (Å²) in [5.74, 6) is 0.485. The van der Waals surface area contributed by atoms with Crippen molar-refractivity contribution in [3.05, 3.63) is 70.4 Å². The maximum Gasteiger partial charge on any atom is 0.248 e. The number of nitrogens with two attached hydrogens (primary N) is 1. The van der Waals surface area contributed by atoms with Gasteiger partial charge in [0.1, 0.15) is 11.8 Å². The molecule has 0 bridgehead atoms. The van der Waals surface area contributed by atoms with E-state index in [0.717, 1.165) is 5.56 Å². The van der Waals surface area contributed by atoms with Crippen molar-refractivity contribution in [1.29, 1.82) is 0 Å². The summed E-state index contributed by atoms with van der Waals surface area (Å²) in [5.41, 5.74) is 8.06. The van der Waals surface area contributed by atoms with Crippen LogP contribution in [0.4, 0.5) is 5.95 Å². The molecule has 3 aromatic rings. The summed E-state index contributed by atoms with van der Waals surface area (Å²) in [7, 11) is 0. The van der Waals surface area contributed by atoms with Gasteiger partial charge in [0.25, 0.3) is 0 Å². The molecule has 0 saturated heterocycles. The zero-order chi connectivity index (χ0) is 19.1. The lowest BCUT2D eigenvalue weighted by molar-refractivity contribution is -0.115. The minimum Gasteiger partial charge on any atom is -0.508 e. The van der Waals surface area contributed by atoms with E-state index >= 15 is 0 Å². The molecule has 2 aromatic carbocycles. The van der Waals surface area contributed by atoms with Gasteiger partial charge in [-0.25, -0.2) is 4.68 Å². The third-order valence-electron chi connectivity index (χ3n) is 4.44. The second kappa shape index (κ2) is 6.44. The second-order valence-electron chi connectivity index (χ2n) is 6.21. The first-order valence-corrected chi connectivity index (χ1v) is 8.61. The lowest BCUT2D eigenvalue weighted by Crippen LogP contribution is -2.31. The number of phenolic OH excluding ortho intramolecular Hbond substituents is 1. The van der Waals surface area contributed by atoms with Gasteiger partial charge >= 0.3 is 0 Å². The number of hydrogen-bond donors (Lipinski definition) is 3. The quantitative estimate of drug-likeness (QED) is 0.646. The molecule has 0 fully saturated rings. The van der Waals surface area contributed by atoms with Crippen LogP contribution in [0.2, 0.25) is 5.02 Å². The largest absolute Gasteiger partial charge is 0.508 e. The fourth-order valence-corrected chi connectivity index (χ4v) is 3.41. The summed E-state index contributed by atoms with van der Waals surface area (Å²) < 4.78 is 1.61. The molecule has 136 valence electrons. The van der Waals surface area contributed by atoms with Crippen molar-refractivity contribution < 1.29 is 9.90 Å². The normalized spacial score (nSPS) is 16.0. The number of aromatic nitrogens is 3. The van der Waals surface area contributed by atoms with Crippen LogP contribution in [0.5, 0.6) is 5.75 Å². The topological polar surface area (TPSA) is 106 Å². The molecule has 27 heavy (non-hydrogen) atoms. The van der Waals surface area contributed by atoms with Gasteiger partial charge in [0, 0.05) is 11.3 Å². The van der Waals surface area contributed by atoms with Crippen molar-refractivity contribution in [2.75, 3.05) is 5.32 Å². The highest BCUT2D eigenvalue weighted by Gasteiger charge is 2.33. The number of hydrogen-bond acceptors (Lipinski definition) is 5. The molecule has 1 unspecified atom stereocenters. The van der Waals surface area contributed by atoms with Crippen molar-refractivity contribution in [1.82, 2.24) is 14.8 Å². The van der Waals surface area contributed by atoms with Crippen LogP contribution < -0.4 is 11.1 Å². The molecule has 7 nitrogen and oxygen atoms in total. The van der Waals surface area contributed by atoms with Crippen LogP contribution in [0.3, 0.4) is 0 Å². The number of amides is 1. The van der Waals surface area contributed by atoms with Crippen LogP contribution in [0.25, 0.3) is 11.4 Å². The first kappa shape index (κ1) is 17.1. The number of nitrogens with one attached hydrogen (secondary N) is 1. The van der Waals surface area contributed by atoms with E-state index in [1.807, 2.05) is 18.2 Å².